The molecule has 0 spiro atoms. The lowest BCUT2D eigenvalue weighted by atomic mass is 10.1. The average Bonchev–Trinajstić information content (AvgIpc) is 2.48. The SMILES string of the molecule is Cc1ccc(C)c(S(=O)(=O)NCc2ccc(CN)cc2)c1. The van der Waals surface area contributed by atoms with Crippen LogP contribution in [0.25, 0.3) is 0 Å². The van der Waals surface area contributed by atoms with Crippen molar-refractivity contribution in [3.8, 4) is 0 Å². The first-order valence-electron chi connectivity index (χ1n) is 6.77. The molecule has 0 amide bonds. The summed E-state index contributed by atoms with van der Waals surface area (Å²) in [5.74, 6) is 0. The number of rotatable bonds is 5. The highest BCUT2D eigenvalue weighted by atomic mass is 32.2. The Hall–Kier alpha value is -1.69. The van der Waals surface area contributed by atoms with Crippen LogP contribution in [-0.2, 0) is 23.1 Å². The zero-order valence-corrected chi connectivity index (χ0v) is 13.1. The Bertz CT molecular complexity index is 722. The van der Waals surface area contributed by atoms with Crippen molar-refractivity contribution in [2.75, 3.05) is 0 Å². The zero-order valence-electron chi connectivity index (χ0n) is 12.3. The lowest BCUT2D eigenvalue weighted by Crippen LogP contribution is -2.24. The van der Waals surface area contributed by atoms with Crippen LogP contribution in [0.5, 0.6) is 0 Å². The Kier molecular flexibility index (Phi) is 4.77. The van der Waals surface area contributed by atoms with E-state index in [0.717, 1.165) is 22.3 Å². The van der Waals surface area contributed by atoms with Crippen molar-refractivity contribution >= 4 is 10.0 Å². The van der Waals surface area contributed by atoms with Crippen LogP contribution in [0.1, 0.15) is 22.3 Å². The number of hydrogen-bond acceptors (Lipinski definition) is 3. The van der Waals surface area contributed by atoms with E-state index in [-0.39, 0.29) is 6.54 Å². The van der Waals surface area contributed by atoms with Crippen LogP contribution in [-0.4, -0.2) is 8.42 Å². The Balaban J connectivity index is 2.15. The van der Waals surface area contributed by atoms with Gasteiger partial charge in [0.1, 0.15) is 0 Å². The summed E-state index contributed by atoms with van der Waals surface area (Å²) in [4.78, 5) is 0.334. The molecular formula is C16H20N2O2S. The van der Waals surface area contributed by atoms with E-state index in [1.165, 1.54) is 0 Å². The molecule has 0 aliphatic carbocycles. The second-order valence-electron chi connectivity index (χ2n) is 5.11. The van der Waals surface area contributed by atoms with Gasteiger partial charge in [-0.3, -0.25) is 0 Å². The highest BCUT2D eigenvalue weighted by Crippen LogP contribution is 2.17. The molecule has 0 aliphatic heterocycles. The van der Waals surface area contributed by atoms with Crippen molar-refractivity contribution in [1.29, 1.82) is 0 Å². The molecule has 0 fully saturated rings. The van der Waals surface area contributed by atoms with Gasteiger partial charge in [0, 0.05) is 13.1 Å². The molecule has 2 aromatic carbocycles. The minimum Gasteiger partial charge on any atom is -0.326 e. The molecule has 4 nitrogen and oxygen atoms in total. The molecule has 0 saturated carbocycles. The first-order valence-corrected chi connectivity index (χ1v) is 8.25. The van der Waals surface area contributed by atoms with Gasteiger partial charge in [-0.2, -0.15) is 0 Å². The summed E-state index contributed by atoms with van der Waals surface area (Å²) in [6, 6.07) is 13.0. The van der Waals surface area contributed by atoms with Crippen LogP contribution in [0.3, 0.4) is 0 Å². The van der Waals surface area contributed by atoms with Crippen LogP contribution in [0.2, 0.25) is 0 Å². The maximum absolute atomic E-state index is 12.4. The summed E-state index contributed by atoms with van der Waals surface area (Å²) in [7, 11) is -3.50. The summed E-state index contributed by atoms with van der Waals surface area (Å²) >= 11 is 0. The van der Waals surface area contributed by atoms with Crippen molar-refractivity contribution < 1.29 is 8.42 Å². The molecule has 5 heteroatoms. The first kappa shape index (κ1) is 15.7. The van der Waals surface area contributed by atoms with E-state index < -0.39 is 10.0 Å². The second-order valence-corrected chi connectivity index (χ2v) is 6.85. The summed E-state index contributed by atoms with van der Waals surface area (Å²) in [5, 5.41) is 0. The average molecular weight is 304 g/mol. The minimum absolute atomic E-state index is 0.264. The van der Waals surface area contributed by atoms with Crippen molar-refractivity contribution in [3.05, 3.63) is 64.7 Å². The van der Waals surface area contributed by atoms with E-state index in [9.17, 15) is 8.42 Å². The number of sulfonamides is 1. The maximum Gasteiger partial charge on any atom is 0.241 e. The lowest BCUT2D eigenvalue weighted by molar-refractivity contribution is 0.580. The highest BCUT2D eigenvalue weighted by Gasteiger charge is 2.16. The molecule has 2 aromatic rings. The molecule has 21 heavy (non-hydrogen) atoms. The van der Waals surface area contributed by atoms with E-state index in [1.807, 2.05) is 43.3 Å². The summed E-state index contributed by atoms with van der Waals surface area (Å²) in [6.07, 6.45) is 0. The van der Waals surface area contributed by atoms with Crippen molar-refractivity contribution in [2.45, 2.75) is 31.8 Å². The predicted octanol–water partition coefficient (Wildman–Crippen LogP) is 2.24. The molecule has 0 unspecified atom stereocenters. The van der Waals surface area contributed by atoms with Gasteiger partial charge in [0.2, 0.25) is 10.0 Å². The van der Waals surface area contributed by atoms with Gasteiger partial charge in [-0.05, 0) is 42.2 Å². The van der Waals surface area contributed by atoms with Gasteiger partial charge in [0.25, 0.3) is 0 Å². The number of benzene rings is 2. The Labute approximate surface area is 126 Å². The Morgan fingerprint density at radius 1 is 1.00 bits per heavy atom. The second kappa shape index (κ2) is 6.39. The summed E-state index contributed by atoms with van der Waals surface area (Å²) in [6.45, 7) is 4.42. The van der Waals surface area contributed by atoms with Crippen molar-refractivity contribution in [2.24, 2.45) is 5.73 Å². The monoisotopic (exact) mass is 304 g/mol. The van der Waals surface area contributed by atoms with Crippen LogP contribution in [0, 0.1) is 13.8 Å². The smallest absolute Gasteiger partial charge is 0.241 e. The van der Waals surface area contributed by atoms with E-state index in [0.29, 0.717) is 11.4 Å². The first-order chi connectivity index (χ1) is 9.92. The van der Waals surface area contributed by atoms with E-state index in [2.05, 4.69) is 4.72 Å². The fourth-order valence-electron chi connectivity index (χ4n) is 2.05. The minimum atomic E-state index is -3.50. The van der Waals surface area contributed by atoms with Crippen molar-refractivity contribution in [1.82, 2.24) is 4.72 Å². The third-order valence-corrected chi connectivity index (χ3v) is 4.90. The normalized spacial score (nSPS) is 11.6. The molecule has 0 bridgehead atoms. The van der Waals surface area contributed by atoms with Gasteiger partial charge in [-0.1, -0.05) is 36.4 Å². The fourth-order valence-corrected chi connectivity index (χ4v) is 3.39. The van der Waals surface area contributed by atoms with Gasteiger partial charge in [0.15, 0.2) is 0 Å². The quantitative estimate of drug-likeness (QED) is 0.890. The Morgan fingerprint density at radius 2 is 1.62 bits per heavy atom. The topological polar surface area (TPSA) is 72.2 Å². The van der Waals surface area contributed by atoms with E-state index >= 15 is 0 Å². The molecule has 0 aromatic heterocycles. The maximum atomic E-state index is 12.4. The molecule has 0 atom stereocenters. The Morgan fingerprint density at radius 3 is 2.24 bits per heavy atom. The van der Waals surface area contributed by atoms with Crippen LogP contribution in [0.15, 0.2) is 47.4 Å². The van der Waals surface area contributed by atoms with Crippen LogP contribution < -0.4 is 10.5 Å². The predicted molar refractivity (Wildman–Crippen MR) is 84.3 cm³/mol. The van der Waals surface area contributed by atoms with E-state index in [4.69, 9.17) is 5.73 Å². The van der Waals surface area contributed by atoms with E-state index in [1.54, 1.807) is 13.0 Å². The number of aryl methyl sites for hydroxylation is 2. The molecule has 0 radical (unpaired) electrons. The summed E-state index contributed by atoms with van der Waals surface area (Å²) < 4.78 is 27.4. The highest BCUT2D eigenvalue weighted by molar-refractivity contribution is 7.89. The van der Waals surface area contributed by atoms with Gasteiger partial charge in [-0.25, -0.2) is 13.1 Å². The van der Waals surface area contributed by atoms with Gasteiger partial charge < -0.3 is 5.73 Å². The number of nitrogens with two attached hydrogens (primary N) is 1. The fraction of sp³-hybridized carbons (Fsp3) is 0.250. The molecule has 3 N–H and O–H groups in total. The standard InChI is InChI=1S/C16H20N2O2S/c1-12-3-4-13(2)16(9-12)21(19,20)18-11-15-7-5-14(10-17)6-8-15/h3-9,18H,10-11,17H2,1-2H3. The molecule has 2 rings (SSSR count). The molecular weight excluding hydrogens is 284 g/mol. The zero-order chi connectivity index (χ0) is 15.5. The molecule has 0 aliphatic rings. The number of nitrogens with one attached hydrogen (secondary N) is 1. The van der Waals surface area contributed by atoms with Crippen LogP contribution in [0.4, 0.5) is 0 Å². The molecule has 0 heterocycles. The van der Waals surface area contributed by atoms with Gasteiger partial charge in [-0.15, -0.1) is 0 Å². The molecule has 0 saturated heterocycles. The third kappa shape index (κ3) is 3.91. The lowest BCUT2D eigenvalue weighted by Gasteiger charge is -2.10. The summed E-state index contributed by atoms with van der Waals surface area (Å²) in [5.41, 5.74) is 9.13. The molecule has 112 valence electrons. The van der Waals surface area contributed by atoms with Gasteiger partial charge in [0.05, 0.1) is 4.90 Å². The number of hydrogen-bond donors (Lipinski definition) is 2. The third-order valence-electron chi connectivity index (χ3n) is 3.36. The van der Waals surface area contributed by atoms with Crippen molar-refractivity contribution in [3.63, 3.8) is 0 Å². The largest absolute Gasteiger partial charge is 0.326 e. The van der Waals surface area contributed by atoms with Gasteiger partial charge >= 0.3 is 0 Å². The van der Waals surface area contributed by atoms with Crippen LogP contribution >= 0.6 is 0 Å².